The molecule has 0 spiro atoms. The van der Waals surface area contributed by atoms with Crippen LogP contribution in [0.5, 0.6) is 0 Å². The van der Waals surface area contributed by atoms with Crippen LogP contribution in [-0.2, 0) is 0 Å². The Balaban J connectivity index is 2.33. The quantitative estimate of drug-likeness (QED) is 0.908. The number of hydrogen-bond donors (Lipinski definition) is 1. The molecule has 1 aromatic heterocycles. The lowest BCUT2D eigenvalue weighted by atomic mass is 9.82. The van der Waals surface area contributed by atoms with Crippen molar-refractivity contribution in [3.63, 3.8) is 0 Å². The van der Waals surface area contributed by atoms with Gasteiger partial charge in [-0.1, -0.05) is 26.2 Å². The average Bonchev–Trinajstić information content (AvgIpc) is 2.42. The van der Waals surface area contributed by atoms with E-state index >= 15 is 0 Å². The van der Waals surface area contributed by atoms with Crippen LogP contribution in [0.4, 0.5) is 0 Å². The summed E-state index contributed by atoms with van der Waals surface area (Å²) in [5.74, 6) is -0.479. The second kappa shape index (κ2) is 6.04. The molecule has 1 aliphatic carbocycles. The third kappa shape index (κ3) is 3.06. The molecule has 0 saturated heterocycles. The summed E-state index contributed by atoms with van der Waals surface area (Å²) in [4.78, 5) is 23.0. The van der Waals surface area contributed by atoms with Crippen LogP contribution in [0.25, 0.3) is 0 Å². The Morgan fingerprint density at radius 2 is 2.05 bits per heavy atom. The van der Waals surface area contributed by atoms with Gasteiger partial charge in [0.25, 0.3) is 5.56 Å². The van der Waals surface area contributed by atoms with Crippen LogP contribution in [0.1, 0.15) is 61.8 Å². The maximum absolute atomic E-state index is 12.0. The SMILES string of the molecule is CCC(C1CCCCC1)n1cc(C(=O)O)ccc1=O. The third-order valence-electron chi connectivity index (χ3n) is 4.15. The van der Waals surface area contributed by atoms with Crippen molar-refractivity contribution in [2.75, 3.05) is 0 Å². The molecule has 1 fully saturated rings. The van der Waals surface area contributed by atoms with Crippen molar-refractivity contribution in [3.05, 3.63) is 34.2 Å². The largest absolute Gasteiger partial charge is 0.478 e. The molecule has 1 atom stereocenters. The molecule has 0 aliphatic heterocycles. The molecule has 0 radical (unpaired) electrons. The van der Waals surface area contributed by atoms with Gasteiger partial charge < -0.3 is 9.67 Å². The normalized spacial score (nSPS) is 18.2. The molecule has 19 heavy (non-hydrogen) atoms. The van der Waals surface area contributed by atoms with Crippen LogP contribution in [0.3, 0.4) is 0 Å². The molecule has 0 bridgehead atoms. The monoisotopic (exact) mass is 263 g/mol. The highest BCUT2D eigenvalue weighted by Crippen LogP contribution is 2.34. The standard InChI is InChI=1S/C15H21NO3/c1-2-13(11-6-4-3-5-7-11)16-10-12(15(18)19)8-9-14(16)17/h8-11,13H,2-7H2,1H3,(H,18,19). The molecule has 4 heteroatoms. The van der Waals surface area contributed by atoms with Crippen molar-refractivity contribution in [2.45, 2.75) is 51.5 Å². The summed E-state index contributed by atoms with van der Waals surface area (Å²) in [6.45, 7) is 2.07. The number of hydrogen-bond acceptors (Lipinski definition) is 2. The van der Waals surface area contributed by atoms with E-state index < -0.39 is 5.97 Å². The van der Waals surface area contributed by atoms with Crippen LogP contribution in [0, 0.1) is 5.92 Å². The lowest BCUT2D eigenvalue weighted by Crippen LogP contribution is -2.30. The molecule has 1 saturated carbocycles. The van der Waals surface area contributed by atoms with Gasteiger partial charge in [0.15, 0.2) is 0 Å². The number of rotatable bonds is 4. The molecule has 104 valence electrons. The summed E-state index contributed by atoms with van der Waals surface area (Å²) in [5.41, 5.74) is 0.0938. The van der Waals surface area contributed by atoms with Crippen LogP contribution in [0.15, 0.2) is 23.1 Å². The minimum Gasteiger partial charge on any atom is -0.478 e. The fraction of sp³-hybridized carbons (Fsp3) is 0.600. The first-order chi connectivity index (χ1) is 9.13. The number of carbonyl (C=O) groups is 1. The summed E-state index contributed by atoms with van der Waals surface area (Å²) in [6.07, 6.45) is 8.37. The Labute approximate surface area is 113 Å². The van der Waals surface area contributed by atoms with E-state index in [9.17, 15) is 9.59 Å². The molecule has 0 aromatic carbocycles. The van der Waals surface area contributed by atoms with Gasteiger partial charge >= 0.3 is 5.97 Å². The van der Waals surface area contributed by atoms with Crippen LogP contribution in [-0.4, -0.2) is 15.6 Å². The highest BCUT2D eigenvalue weighted by molar-refractivity contribution is 5.87. The van der Waals surface area contributed by atoms with Gasteiger partial charge in [0.2, 0.25) is 0 Å². The molecule has 1 heterocycles. The van der Waals surface area contributed by atoms with Gasteiger partial charge in [-0.3, -0.25) is 4.79 Å². The Morgan fingerprint density at radius 3 is 2.63 bits per heavy atom. The van der Waals surface area contributed by atoms with E-state index in [4.69, 9.17) is 5.11 Å². The maximum atomic E-state index is 12.0. The van der Waals surface area contributed by atoms with Gasteiger partial charge in [0.05, 0.1) is 5.56 Å². The number of aromatic nitrogens is 1. The molecule has 1 aromatic rings. The minimum atomic E-state index is -0.979. The zero-order valence-corrected chi connectivity index (χ0v) is 11.3. The summed E-state index contributed by atoms with van der Waals surface area (Å²) in [6, 6.07) is 2.89. The Bertz CT molecular complexity index is 500. The molecule has 2 rings (SSSR count). The molecule has 1 N–H and O–H groups in total. The smallest absolute Gasteiger partial charge is 0.337 e. The van der Waals surface area contributed by atoms with Crippen LogP contribution >= 0.6 is 0 Å². The average molecular weight is 263 g/mol. The highest BCUT2D eigenvalue weighted by atomic mass is 16.4. The van der Waals surface area contributed by atoms with Crippen molar-refractivity contribution >= 4 is 5.97 Å². The van der Waals surface area contributed by atoms with Crippen molar-refractivity contribution in [2.24, 2.45) is 5.92 Å². The van der Waals surface area contributed by atoms with Gasteiger partial charge in [0, 0.05) is 18.3 Å². The first-order valence-corrected chi connectivity index (χ1v) is 7.09. The van der Waals surface area contributed by atoms with E-state index in [2.05, 4.69) is 6.92 Å². The molecular formula is C15H21NO3. The van der Waals surface area contributed by atoms with Crippen LogP contribution in [0.2, 0.25) is 0 Å². The van der Waals surface area contributed by atoms with E-state index in [1.54, 1.807) is 4.57 Å². The predicted octanol–water partition coefficient (Wildman–Crippen LogP) is 3.08. The third-order valence-corrected chi connectivity index (χ3v) is 4.15. The summed E-state index contributed by atoms with van der Waals surface area (Å²) in [7, 11) is 0. The summed E-state index contributed by atoms with van der Waals surface area (Å²) >= 11 is 0. The van der Waals surface area contributed by atoms with E-state index in [0.717, 1.165) is 19.3 Å². The van der Waals surface area contributed by atoms with Gasteiger partial charge in [-0.15, -0.1) is 0 Å². The van der Waals surface area contributed by atoms with Gasteiger partial charge in [-0.05, 0) is 31.2 Å². The number of pyridine rings is 1. The van der Waals surface area contributed by atoms with Crippen molar-refractivity contribution < 1.29 is 9.90 Å². The number of carboxylic acid groups (broad SMARTS) is 1. The zero-order chi connectivity index (χ0) is 13.8. The number of aromatic carboxylic acids is 1. The second-order valence-corrected chi connectivity index (χ2v) is 5.34. The fourth-order valence-electron chi connectivity index (χ4n) is 3.17. The Morgan fingerprint density at radius 1 is 1.37 bits per heavy atom. The van der Waals surface area contributed by atoms with Gasteiger partial charge in [-0.2, -0.15) is 0 Å². The minimum absolute atomic E-state index is 0.0950. The number of carboxylic acids is 1. The van der Waals surface area contributed by atoms with E-state index in [0.29, 0.717) is 5.92 Å². The van der Waals surface area contributed by atoms with Crippen molar-refractivity contribution in [3.8, 4) is 0 Å². The predicted molar refractivity (Wildman–Crippen MR) is 73.6 cm³/mol. The van der Waals surface area contributed by atoms with Gasteiger partial charge in [-0.25, -0.2) is 4.79 Å². The van der Waals surface area contributed by atoms with Crippen molar-refractivity contribution in [1.29, 1.82) is 0 Å². The van der Waals surface area contributed by atoms with Crippen LogP contribution < -0.4 is 5.56 Å². The number of nitrogens with zero attached hydrogens (tertiary/aromatic N) is 1. The lowest BCUT2D eigenvalue weighted by molar-refractivity contribution is 0.0695. The Hall–Kier alpha value is -1.58. The topological polar surface area (TPSA) is 59.3 Å². The van der Waals surface area contributed by atoms with Crippen molar-refractivity contribution in [1.82, 2.24) is 4.57 Å². The van der Waals surface area contributed by atoms with E-state index in [1.807, 2.05) is 0 Å². The van der Waals surface area contributed by atoms with Gasteiger partial charge in [0.1, 0.15) is 0 Å². The van der Waals surface area contributed by atoms with E-state index in [-0.39, 0.29) is 17.2 Å². The first-order valence-electron chi connectivity index (χ1n) is 7.09. The maximum Gasteiger partial charge on any atom is 0.337 e. The second-order valence-electron chi connectivity index (χ2n) is 5.34. The zero-order valence-electron chi connectivity index (χ0n) is 11.3. The summed E-state index contributed by atoms with van der Waals surface area (Å²) in [5, 5.41) is 9.05. The molecule has 1 unspecified atom stereocenters. The fourth-order valence-corrected chi connectivity index (χ4v) is 3.17. The first kappa shape index (κ1) is 13.8. The molecule has 1 aliphatic rings. The molecule has 0 amide bonds. The Kier molecular flexibility index (Phi) is 4.40. The lowest BCUT2D eigenvalue weighted by Gasteiger charge is -2.31. The summed E-state index contributed by atoms with van der Waals surface area (Å²) < 4.78 is 1.64. The molecule has 4 nitrogen and oxygen atoms in total. The molecular weight excluding hydrogens is 242 g/mol. The van der Waals surface area contributed by atoms with E-state index in [1.165, 1.54) is 37.6 Å². The highest BCUT2D eigenvalue weighted by Gasteiger charge is 2.24.